The number of nitrogens with two attached hydrogens (primary N) is 1. The van der Waals surface area contributed by atoms with Crippen LogP contribution >= 0.6 is 11.3 Å². The third-order valence-electron chi connectivity index (χ3n) is 3.27. The minimum atomic E-state index is -3.57. The summed E-state index contributed by atoms with van der Waals surface area (Å²) in [5, 5.41) is 1.93. The summed E-state index contributed by atoms with van der Waals surface area (Å²) in [6.07, 6.45) is 0. The fourth-order valence-electron chi connectivity index (χ4n) is 1.91. The van der Waals surface area contributed by atoms with E-state index in [9.17, 15) is 8.42 Å². The zero-order valence-corrected chi connectivity index (χ0v) is 13.4. The Hall–Kier alpha value is -1.37. The Morgan fingerprint density at radius 3 is 2.50 bits per heavy atom. The highest BCUT2D eigenvalue weighted by Gasteiger charge is 2.24. The van der Waals surface area contributed by atoms with Crippen molar-refractivity contribution in [2.45, 2.75) is 25.3 Å². The van der Waals surface area contributed by atoms with Crippen molar-refractivity contribution in [2.75, 3.05) is 12.8 Å². The van der Waals surface area contributed by atoms with Crippen molar-refractivity contribution in [3.8, 4) is 0 Å². The van der Waals surface area contributed by atoms with Crippen LogP contribution in [0.2, 0.25) is 0 Å². The number of thiophene rings is 1. The molecule has 6 heteroatoms. The van der Waals surface area contributed by atoms with Gasteiger partial charge in [-0.05, 0) is 48.6 Å². The normalized spacial score (nSPS) is 12.0. The maximum atomic E-state index is 12.6. The van der Waals surface area contributed by atoms with Crippen LogP contribution in [0.4, 0.5) is 5.69 Å². The molecule has 108 valence electrons. The second-order valence-corrected chi connectivity index (χ2v) is 7.86. The van der Waals surface area contributed by atoms with Gasteiger partial charge in [0, 0.05) is 18.5 Å². The van der Waals surface area contributed by atoms with Crippen LogP contribution in [0.3, 0.4) is 0 Å². The first kappa shape index (κ1) is 15.0. The van der Waals surface area contributed by atoms with Gasteiger partial charge in [-0.3, -0.25) is 0 Å². The first-order chi connectivity index (χ1) is 9.32. The molecule has 0 radical (unpaired) electrons. The van der Waals surface area contributed by atoms with Gasteiger partial charge >= 0.3 is 0 Å². The SMILES string of the molecule is Cc1cc(N)c(S(=O)(=O)N(C)Cc2cccs2)cc1C. The van der Waals surface area contributed by atoms with E-state index in [0.29, 0.717) is 12.2 Å². The Bertz CT molecular complexity index is 707. The Morgan fingerprint density at radius 1 is 1.25 bits per heavy atom. The van der Waals surface area contributed by atoms with Crippen LogP contribution in [-0.4, -0.2) is 19.8 Å². The molecule has 1 heterocycles. The highest BCUT2D eigenvalue weighted by atomic mass is 32.2. The van der Waals surface area contributed by atoms with Gasteiger partial charge in [0.1, 0.15) is 4.90 Å². The van der Waals surface area contributed by atoms with Crippen LogP contribution in [-0.2, 0) is 16.6 Å². The molecule has 0 fully saturated rings. The number of hydrogen-bond donors (Lipinski definition) is 1. The number of nitrogen functional groups attached to an aromatic ring is 1. The summed E-state index contributed by atoms with van der Waals surface area (Å²) in [6, 6.07) is 7.18. The van der Waals surface area contributed by atoms with Crippen LogP contribution in [0, 0.1) is 13.8 Å². The van der Waals surface area contributed by atoms with Crippen molar-refractivity contribution < 1.29 is 8.42 Å². The third-order valence-corrected chi connectivity index (χ3v) is 5.99. The van der Waals surface area contributed by atoms with E-state index in [1.54, 1.807) is 19.2 Å². The molecule has 2 N–H and O–H groups in total. The maximum Gasteiger partial charge on any atom is 0.245 e. The highest BCUT2D eigenvalue weighted by Crippen LogP contribution is 2.26. The molecule has 20 heavy (non-hydrogen) atoms. The summed E-state index contributed by atoms with van der Waals surface area (Å²) < 4.78 is 26.5. The van der Waals surface area contributed by atoms with Crippen molar-refractivity contribution >= 4 is 27.0 Å². The summed E-state index contributed by atoms with van der Waals surface area (Å²) in [6.45, 7) is 4.15. The fourth-order valence-corrected chi connectivity index (χ4v) is 4.08. The van der Waals surface area contributed by atoms with Crippen LogP contribution in [0.1, 0.15) is 16.0 Å². The molecule has 0 saturated carbocycles. The molecule has 0 aliphatic rings. The standard InChI is InChI=1S/C14H18N2O2S2/c1-10-7-13(15)14(8-11(10)2)20(17,18)16(3)9-12-5-4-6-19-12/h4-8H,9,15H2,1-3H3. The summed E-state index contributed by atoms with van der Waals surface area (Å²) >= 11 is 1.53. The topological polar surface area (TPSA) is 63.4 Å². The zero-order chi connectivity index (χ0) is 14.9. The number of anilines is 1. The minimum Gasteiger partial charge on any atom is -0.398 e. The molecule has 1 aromatic carbocycles. The second kappa shape index (κ2) is 5.55. The molecule has 0 bridgehead atoms. The first-order valence-electron chi connectivity index (χ1n) is 6.18. The van der Waals surface area contributed by atoms with Crippen molar-refractivity contribution in [2.24, 2.45) is 0 Å². The zero-order valence-electron chi connectivity index (χ0n) is 11.8. The van der Waals surface area contributed by atoms with E-state index >= 15 is 0 Å². The van der Waals surface area contributed by atoms with E-state index < -0.39 is 10.0 Å². The number of nitrogens with zero attached hydrogens (tertiary/aromatic N) is 1. The maximum absolute atomic E-state index is 12.6. The van der Waals surface area contributed by atoms with E-state index in [4.69, 9.17) is 5.73 Å². The highest BCUT2D eigenvalue weighted by molar-refractivity contribution is 7.89. The van der Waals surface area contributed by atoms with Gasteiger partial charge in [-0.1, -0.05) is 6.07 Å². The molecule has 0 aliphatic carbocycles. The molecule has 0 amide bonds. The monoisotopic (exact) mass is 310 g/mol. The van der Waals surface area contributed by atoms with Gasteiger partial charge in [0.2, 0.25) is 10.0 Å². The molecule has 0 unspecified atom stereocenters. The minimum absolute atomic E-state index is 0.180. The Kier molecular flexibility index (Phi) is 4.17. The lowest BCUT2D eigenvalue weighted by Crippen LogP contribution is -2.27. The number of sulfonamides is 1. The fraction of sp³-hybridized carbons (Fsp3) is 0.286. The third kappa shape index (κ3) is 2.87. The molecule has 1 aromatic heterocycles. The smallest absolute Gasteiger partial charge is 0.245 e. The summed E-state index contributed by atoms with van der Waals surface area (Å²) in [7, 11) is -2.00. The van der Waals surface area contributed by atoms with Gasteiger partial charge in [0.15, 0.2) is 0 Å². The van der Waals surface area contributed by atoms with E-state index in [-0.39, 0.29) is 4.90 Å². The molecule has 2 rings (SSSR count). The largest absolute Gasteiger partial charge is 0.398 e. The van der Waals surface area contributed by atoms with Crippen molar-refractivity contribution in [1.29, 1.82) is 0 Å². The van der Waals surface area contributed by atoms with Crippen molar-refractivity contribution in [3.05, 3.63) is 45.6 Å². The molecule has 0 saturated heterocycles. The van der Waals surface area contributed by atoms with Crippen LogP contribution in [0.25, 0.3) is 0 Å². The van der Waals surface area contributed by atoms with Crippen LogP contribution in [0.15, 0.2) is 34.5 Å². The molecule has 0 atom stereocenters. The van der Waals surface area contributed by atoms with Gasteiger partial charge < -0.3 is 5.73 Å². The Morgan fingerprint density at radius 2 is 1.90 bits per heavy atom. The van der Waals surface area contributed by atoms with Gasteiger partial charge in [0.25, 0.3) is 0 Å². The summed E-state index contributed by atoms with van der Waals surface area (Å²) in [4.78, 5) is 1.18. The molecule has 4 nitrogen and oxygen atoms in total. The quantitative estimate of drug-likeness (QED) is 0.883. The van der Waals surface area contributed by atoms with Gasteiger partial charge in [0.05, 0.1) is 5.69 Å². The Labute approximate surface area is 123 Å². The number of aryl methyl sites for hydroxylation is 2. The second-order valence-electron chi connectivity index (χ2n) is 4.81. The number of benzene rings is 1. The van der Waals surface area contributed by atoms with E-state index in [1.165, 1.54) is 15.6 Å². The lowest BCUT2D eigenvalue weighted by Gasteiger charge is -2.18. The van der Waals surface area contributed by atoms with E-state index in [0.717, 1.165) is 16.0 Å². The molecule has 0 aliphatic heterocycles. The number of rotatable bonds is 4. The van der Waals surface area contributed by atoms with E-state index in [1.807, 2.05) is 31.4 Å². The molecular weight excluding hydrogens is 292 g/mol. The molecule has 0 spiro atoms. The van der Waals surface area contributed by atoms with Gasteiger partial charge in [-0.15, -0.1) is 11.3 Å². The lowest BCUT2D eigenvalue weighted by molar-refractivity contribution is 0.470. The molecular formula is C14H18N2O2S2. The van der Waals surface area contributed by atoms with Crippen LogP contribution in [0.5, 0.6) is 0 Å². The lowest BCUT2D eigenvalue weighted by atomic mass is 10.1. The number of hydrogen-bond acceptors (Lipinski definition) is 4. The van der Waals surface area contributed by atoms with Gasteiger partial charge in [-0.2, -0.15) is 4.31 Å². The average Bonchev–Trinajstić information content (AvgIpc) is 2.86. The van der Waals surface area contributed by atoms with Crippen LogP contribution < -0.4 is 5.73 Å². The van der Waals surface area contributed by atoms with Crippen molar-refractivity contribution in [3.63, 3.8) is 0 Å². The predicted octanol–water partition coefficient (Wildman–Crippen LogP) is 2.77. The summed E-state index contributed by atoms with van der Waals surface area (Å²) in [5.74, 6) is 0. The average molecular weight is 310 g/mol. The van der Waals surface area contributed by atoms with E-state index in [2.05, 4.69) is 0 Å². The molecule has 2 aromatic rings. The Balaban J connectivity index is 2.37. The van der Waals surface area contributed by atoms with Crippen molar-refractivity contribution in [1.82, 2.24) is 4.31 Å². The predicted molar refractivity (Wildman–Crippen MR) is 83.3 cm³/mol. The summed E-state index contributed by atoms with van der Waals surface area (Å²) in [5.41, 5.74) is 8.09. The first-order valence-corrected chi connectivity index (χ1v) is 8.50. The van der Waals surface area contributed by atoms with Gasteiger partial charge in [-0.25, -0.2) is 8.42 Å².